The van der Waals surface area contributed by atoms with E-state index >= 15 is 0 Å². The van der Waals surface area contributed by atoms with Gasteiger partial charge in [0.1, 0.15) is 0 Å². The number of halogens is 2. The number of aryl methyl sites for hydroxylation is 1. The van der Waals surface area contributed by atoms with Crippen molar-refractivity contribution in [3.8, 4) is 0 Å². The maximum atomic E-state index is 12.5. The highest BCUT2D eigenvalue weighted by Crippen LogP contribution is 2.27. The zero-order valence-corrected chi connectivity index (χ0v) is 13.4. The number of hydrogen-bond acceptors (Lipinski definition) is 1. The number of hydrogen-bond donors (Lipinski definition) is 0. The standard InChI is InChI=1S/C18H15Cl2NO/c19-15-9-7-13(12-16(15)20)8-10-18(22)21-11-3-5-14-4-1-2-6-17(14)21/h1-2,4,6-10,12H,3,5,11H2/b10-8+. The van der Waals surface area contributed by atoms with E-state index in [0.29, 0.717) is 10.0 Å². The van der Waals surface area contributed by atoms with Crippen LogP contribution in [0.5, 0.6) is 0 Å². The van der Waals surface area contributed by atoms with E-state index < -0.39 is 0 Å². The smallest absolute Gasteiger partial charge is 0.250 e. The third-order valence-electron chi connectivity index (χ3n) is 3.74. The zero-order chi connectivity index (χ0) is 15.5. The lowest BCUT2D eigenvalue weighted by atomic mass is 10.0. The number of benzene rings is 2. The predicted molar refractivity (Wildman–Crippen MR) is 92.6 cm³/mol. The Kier molecular flexibility index (Phi) is 4.51. The summed E-state index contributed by atoms with van der Waals surface area (Å²) in [5.41, 5.74) is 3.09. The molecule has 1 aliphatic heterocycles. The van der Waals surface area contributed by atoms with Crippen LogP contribution in [-0.4, -0.2) is 12.5 Å². The maximum Gasteiger partial charge on any atom is 0.250 e. The average Bonchev–Trinajstić information content (AvgIpc) is 2.55. The molecular weight excluding hydrogens is 317 g/mol. The number of rotatable bonds is 2. The molecule has 112 valence electrons. The van der Waals surface area contributed by atoms with Gasteiger partial charge >= 0.3 is 0 Å². The summed E-state index contributed by atoms with van der Waals surface area (Å²) in [4.78, 5) is 14.3. The fraction of sp³-hybridized carbons (Fsp3) is 0.167. The third kappa shape index (κ3) is 3.18. The van der Waals surface area contributed by atoms with Gasteiger partial charge in [-0.05, 0) is 48.2 Å². The Labute approximate surface area is 140 Å². The maximum absolute atomic E-state index is 12.5. The van der Waals surface area contributed by atoms with Crippen LogP contribution in [0.2, 0.25) is 10.0 Å². The highest BCUT2D eigenvalue weighted by Gasteiger charge is 2.20. The van der Waals surface area contributed by atoms with Crippen molar-refractivity contribution in [1.29, 1.82) is 0 Å². The van der Waals surface area contributed by atoms with Crippen LogP contribution in [0.15, 0.2) is 48.5 Å². The lowest BCUT2D eigenvalue weighted by Gasteiger charge is -2.28. The van der Waals surface area contributed by atoms with Gasteiger partial charge in [-0.2, -0.15) is 0 Å². The lowest BCUT2D eigenvalue weighted by Crippen LogP contribution is -2.34. The molecule has 2 nitrogen and oxygen atoms in total. The van der Waals surface area contributed by atoms with Gasteiger partial charge in [0.15, 0.2) is 0 Å². The second kappa shape index (κ2) is 6.55. The molecule has 4 heteroatoms. The van der Waals surface area contributed by atoms with Crippen LogP contribution >= 0.6 is 23.2 Å². The number of fused-ring (bicyclic) bond motifs is 1. The summed E-state index contributed by atoms with van der Waals surface area (Å²) in [6.45, 7) is 0.752. The Morgan fingerprint density at radius 2 is 1.91 bits per heavy atom. The molecule has 2 aromatic rings. The highest BCUT2D eigenvalue weighted by molar-refractivity contribution is 6.42. The number of nitrogens with zero attached hydrogens (tertiary/aromatic N) is 1. The molecule has 0 spiro atoms. The summed E-state index contributed by atoms with van der Waals surface area (Å²) >= 11 is 11.9. The quantitative estimate of drug-likeness (QED) is 0.710. The van der Waals surface area contributed by atoms with E-state index in [2.05, 4.69) is 6.07 Å². The molecule has 1 heterocycles. The first-order valence-corrected chi connectivity index (χ1v) is 7.93. The molecule has 0 saturated heterocycles. The van der Waals surface area contributed by atoms with Gasteiger partial charge in [-0.1, -0.05) is 47.5 Å². The summed E-state index contributed by atoms with van der Waals surface area (Å²) < 4.78 is 0. The van der Waals surface area contributed by atoms with Crippen molar-refractivity contribution in [3.05, 3.63) is 69.7 Å². The van der Waals surface area contributed by atoms with Crippen molar-refractivity contribution in [2.75, 3.05) is 11.4 Å². The van der Waals surface area contributed by atoms with Crippen LogP contribution in [0, 0.1) is 0 Å². The highest BCUT2D eigenvalue weighted by atomic mass is 35.5. The first-order valence-electron chi connectivity index (χ1n) is 7.18. The van der Waals surface area contributed by atoms with Crippen LogP contribution < -0.4 is 4.90 Å². The van der Waals surface area contributed by atoms with Crippen molar-refractivity contribution in [2.24, 2.45) is 0 Å². The largest absolute Gasteiger partial charge is 0.309 e. The van der Waals surface area contributed by atoms with Gasteiger partial charge in [-0.3, -0.25) is 4.79 Å². The second-order valence-corrected chi connectivity index (χ2v) is 6.04. The van der Waals surface area contributed by atoms with Crippen LogP contribution in [0.4, 0.5) is 5.69 Å². The first-order chi connectivity index (χ1) is 10.6. The second-order valence-electron chi connectivity index (χ2n) is 5.23. The molecular formula is C18H15Cl2NO. The van der Waals surface area contributed by atoms with E-state index in [9.17, 15) is 4.79 Å². The Bertz CT molecular complexity index is 740. The predicted octanol–water partition coefficient (Wildman–Crippen LogP) is 4.99. The molecule has 0 saturated carbocycles. The molecule has 3 rings (SSSR count). The van der Waals surface area contributed by atoms with Gasteiger partial charge in [0.05, 0.1) is 10.0 Å². The van der Waals surface area contributed by atoms with Crippen molar-refractivity contribution >= 4 is 40.9 Å². The Morgan fingerprint density at radius 3 is 2.73 bits per heavy atom. The van der Waals surface area contributed by atoms with Crippen molar-refractivity contribution in [1.82, 2.24) is 0 Å². The molecule has 0 N–H and O–H groups in total. The van der Waals surface area contributed by atoms with Crippen LogP contribution in [0.3, 0.4) is 0 Å². The Morgan fingerprint density at radius 1 is 1.09 bits per heavy atom. The van der Waals surface area contributed by atoms with E-state index in [1.807, 2.05) is 29.2 Å². The van der Waals surface area contributed by atoms with Crippen LogP contribution in [0.25, 0.3) is 6.08 Å². The van der Waals surface area contributed by atoms with Crippen molar-refractivity contribution < 1.29 is 4.79 Å². The van der Waals surface area contributed by atoms with E-state index in [1.165, 1.54) is 5.56 Å². The summed E-state index contributed by atoms with van der Waals surface area (Å²) in [5.74, 6) is -0.0155. The van der Waals surface area contributed by atoms with Gasteiger partial charge in [0.25, 0.3) is 5.91 Å². The third-order valence-corrected chi connectivity index (χ3v) is 4.48. The molecule has 0 aliphatic carbocycles. The molecule has 1 aliphatic rings. The lowest BCUT2D eigenvalue weighted by molar-refractivity contribution is -0.114. The molecule has 0 aromatic heterocycles. The molecule has 2 aromatic carbocycles. The first kappa shape index (κ1) is 15.1. The van der Waals surface area contributed by atoms with E-state index in [0.717, 1.165) is 30.6 Å². The van der Waals surface area contributed by atoms with Crippen LogP contribution in [0.1, 0.15) is 17.5 Å². The van der Waals surface area contributed by atoms with Gasteiger partial charge < -0.3 is 4.90 Å². The normalized spacial score (nSPS) is 14.2. The summed E-state index contributed by atoms with van der Waals surface area (Å²) in [7, 11) is 0. The minimum absolute atomic E-state index is 0.0155. The average molecular weight is 332 g/mol. The van der Waals surface area contributed by atoms with Crippen molar-refractivity contribution in [3.63, 3.8) is 0 Å². The fourth-order valence-corrected chi connectivity index (χ4v) is 2.94. The number of carbonyl (C=O) groups is 1. The van der Waals surface area contributed by atoms with Gasteiger partial charge in [-0.25, -0.2) is 0 Å². The zero-order valence-electron chi connectivity index (χ0n) is 11.9. The number of amides is 1. The topological polar surface area (TPSA) is 20.3 Å². The number of para-hydroxylation sites is 1. The molecule has 1 amide bonds. The Balaban J connectivity index is 1.80. The summed E-state index contributed by atoms with van der Waals surface area (Å²) in [6, 6.07) is 13.4. The Hall–Kier alpha value is -1.77. The van der Waals surface area contributed by atoms with Gasteiger partial charge in [0.2, 0.25) is 0 Å². The van der Waals surface area contributed by atoms with E-state index in [-0.39, 0.29) is 5.91 Å². The van der Waals surface area contributed by atoms with Crippen LogP contribution in [-0.2, 0) is 11.2 Å². The monoisotopic (exact) mass is 331 g/mol. The summed E-state index contributed by atoms with van der Waals surface area (Å²) in [6.07, 6.45) is 5.36. The molecule has 0 bridgehead atoms. The molecule has 0 fully saturated rings. The SMILES string of the molecule is O=C(/C=C/c1ccc(Cl)c(Cl)c1)N1CCCc2ccccc21. The summed E-state index contributed by atoms with van der Waals surface area (Å²) in [5, 5.41) is 0.995. The fourth-order valence-electron chi connectivity index (χ4n) is 2.64. The molecule has 0 unspecified atom stereocenters. The van der Waals surface area contributed by atoms with Gasteiger partial charge in [-0.15, -0.1) is 0 Å². The number of carbonyl (C=O) groups excluding carboxylic acids is 1. The molecule has 22 heavy (non-hydrogen) atoms. The van der Waals surface area contributed by atoms with E-state index in [1.54, 1.807) is 24.3 Å². The minimum atomic E-state index is -0.0155. The van der Waals surface area contributed by atoms with Crippen molar-refractivity contribution in [2.45, 2.75) is 12.8 Å². The van der Waals surface area contributed by atoms with Gasteiger partial charge in [0, 0.05) is 18.3 Å². The number of anilines is 1. The van der Waals surface area contributed by atoms with E-state index in [4.69, 9.17) is 23.2 Å². The molecule has 0 radical (unpaired) electrons. The minimum Gasteiger partial charge on any atom is -0.309 e. The molecule has 0 atom stereocenters.